The summed E-state index contributed by atoms with van der Waals surface area (Å²) in [5.41, 5.74) is 0.869. The number of amides is 1. The number of carboxylic acid groups (broad SMARTS) is 1. The normalized spacial score (nSPS) is 12.7. The second-order valence-electron chi connectivity index (χ2n) is 8.69. The summed E-state index contributed by atoms with van der Waals surface area (Å²) >= 11 is 0. The Balaban J connectivity index is 2.02. The summed E-state index contributed by atoms with van der Waals surface area (Å²) in [6.07, 6.45) is 10.3. The van der Waals surface area contributed by atoms with Gasteiger partial charge in [0.1, 0.15) is 5.75 Å². The summed E-state index contributed by atoms with van der Waals surface area (Å²) < 4.78 is 5.80. The van der Waals surface area contributed by atoms with Crippen LogP contribution in [0.15, 0.2) is 48.8 Å². The van der Waals surface area contributed by atoms with E-state index in [2.05, 4.69) is 11.9 Å². The van der Waals surface area contributed by atoms with Crippen LogP contribution in [0.5, 0.6) is 5.75 Å². The minimum absolute atomic E-state index is 0.187. The second kappa shape index (κ2) is 13.6. The first-order chi connectivity index (χ1) is 15.9. The highest BCUT2D eigenvalue weighted by atomic mass is 16.5. The van der Waals surface area contributed by atoms with Crippen molar-refractivity contribution in [2.75, 3.05) is 13.1 Å². The number of carbonyl (C=O) groups excluding carboxylic acids is 1. The standard InChI is InChI=1S/C27H38N2O4/c1-4-6-7-8-14-25(30)29(19-16-23-12-10-17-28-21-23)18-15-22-11-9-13-24(20-22)33-27(3,5-2)26(31)32/h9-13,17,20-21H,4-8,14-16,18-19H2,1-3H3,(H,31,32). The number of ether oxygens (including phenoxy) is 1. The predicted molar refractivity (Wildman–Crippen MR) is 130 cm³/mol. The summed E-state index contributed by atoms with van der Waals surface area (Å²) in [7, 11) is 0. The van der Waals surface area contributed by atoms with E-state index in [1.165, 1.54) is 0 Å². The third-order valence-corrected chi connectivity index (χ3v) is 6.03. The average Bonchev–Trinajstić information content (AvgIpc) is 2.82. The van der Waals surface area contributed by atoms with Gasteiger partial charge in [-0.05, 0) is 61.9 Å². The number of unbranched alkanes of at least 4 members (excludes halogenated alkanes) is 3. The highest BCUT2D eigenvalue weighted by Crippen LogP contribution is 2.23. The lowest BCUT2D eigenvalue weighted by atomic mass is 10.0. The smallest absolute Gasteiger partial charge is 0.347 e. The molecule has 0 saturated carbocycles. The van der Waals surface area contributed by atoms with Gasteiger partial charge in [-0.25, -0.2) is 4.79 Å². The molecule has 1 aromatic heterocycles. The van der Waals surface area contributed by atoms with Gasteiger partial charge in [-0.2, -0.15) is 0 Å². The fraction of sp³-hybridized carbons (Fsp3) is 0.519. The zero-order valence-electron chi connectivity index (χ0n) is 20.3. The first-order valence-electron chi connectivity index (χ1n) is 12.1. The van der Waals surface area contributed by atoms with Gasteiger partial charge in [0.15, 0.2) is 0 Å². The number of hydrogen-bond donors (Lipinski definition) is 1. The number of pyridine rings is 1. The molecule has 180 valence electrons. The van der Waals surface area contributed by atoms with Crippen molar-refractivity contribution in [3.63, 3.8) is 0 Å². The van der Waals surface area contributed by atoms with Gasteiger partial charge in [-0.15, -0.1) is 0 Å². The molecule has 1 atom stereocenters. The number of nitrogens with zero attached hydrogens (tertiary/aromatic N) is 2. The quantitative estimate of drug-likeness (QED) is 0.370. The van der Waals surface area contributed by atoms with Crippen LogP contribution in [0.3, 0.4) is 0 Å². The van der Waals surface area contributed by atoms with Gasteiger partial charge < -0.3 is 14.7 Å². The van der Waals surface area contributed by atoms with Crippen molar-refractivity contribution in [2.45, 2.75) is 77.7 Å². The number of carboxylic acids is 1. The van der Waals surface area contributed by atoms with Crippen molar-refractivity contribution in [1.82, 2.24) is 9.88 Å². The van der Waals surface area contributed by atoms with Crippen molar-refractivity contribution in [3.8, 4) is 5.75 Å². The molecule has 0 spiro atoms. The monoisotopic (exact) mass is 454 g/mol. The van der Waals surface area contributed by atoms with E-state index < -0.39 is 11.6 Å². The van der Waals surface area contributed by atoms with Crippen LogP contribution in [0.1, 0.15) is 70.4 Å². The van der Waals surface area contributed by atoms with E-state index in [4.69, 9.17) is 4.74 Å². The number of carbonyl (C=O) groups is 2. The van der Waals surface area contributed by atoms with Gasteiger partial charge in [0.2, 0.25) is 11.5 Å². The van der Waals surface area contributed by atoms with Crippen LogP contribution < -0.4 is 4.74 Å². The third kappa shape index (κ3) is 8.87. The molecule has 0 aliphatic heterocycles. The lowest BCUT2D eigenvalue weighted by molar-refractivity contribution is -0.154. The Bertz CT molecular complexity index is 871. The third-order valence-electron chi connectivity index (χ3n) is 6.03. The van der Waals surface area contributed by atoms with Gasteiger partial charge in [0.05, 0.1) is 0 Å². The maximum absolute atomic E-state index is 12.9. The largest absolute Gasteiger partial charge is 0.478 e. The molecule has 0 aliphatic carbocycles. The van der Waals surface area contributed by atoms with E-state index in [9.17, 15) is 14.7 Å². The van der Waals surface area contributed by atoms with E-state index in [0.717, 1.165) is 43.2 Å². The van der Waals surface area contributed by atoms with Crippen molar-refractivity contribution in [1.29, 1.82) is 0 Å². The lowest BCUT2D eigenvalue weighted by Gasteiger charge is -2.25. The summed E-state index contributed by atoms with van der Waals surface area (Å²) in [5, 5.41) is 9.48. The average molecular weight is 455 g/mol. The van der Waals surface area contributed by atoms with Gasteiger partial charge in [-0.3, -0.25) is 9.78 Å². The summed E-state index contributed by atoms with van der Waals surface area (Å²) in [4.78, 5) is 30.6. The summed E-state index contributed by atoms with van der Waals surface area (Å²) in [6, 6.07) is 11.5. The molecule has 6 heteroatoms. The molecule has 6 nitrogen and oxygen atoms in total. The highest BCUT2D eigenvalue weighted by Gasteiger charge is 2.33. The molecule has 0 fully saturated rings. The molecular weight excluding hydrogens is 416 g/mol. The van der Waals surface area contributed by atoms with Crippen LogP contribution in [-0.2, 0) is 22.4 Å². The lowest BCUT2D eigenvalue weighted by Crippen LogP contribution is -2.40. The van der Waals surface area contributed by atoms with Gasteiger partial charge in [-0.1, -0.05) is 51.3 Å². The van der Waals surface area contributed by atoms with Crippen molar-refractivity contribution >= 4 is 11.9 Å². The Morgan fingerprint density at radius 2 is 1.76 bits per heavy atom. The molecule has 0 bridgehead atoms. The summed E-state index contributed by atoms with van der Waals surface area (Å²) in [6.45, 7) is 6.81. The van der Waals surface area contributed by atoms with E-state index >= 15 is 0 Å². The van der Waals surface area contributed by atoms with Gasteiger partial charge in [0.25, 0.3) is 0 Å². The number of hydrogen-bond acceptors (Lipinski definition) is 4. The zero-order chi connectivity index (χ0) is 24.1. The fourth-order valence-electron chi connectivity index (χ4n) is 3.59. The van der Waals surface area contributed by atoms with Gasteiger partial charge >= 0.3 is 5.97 Å². The summed E-state index contributed by atoms with van der Waals surface area (Å²) in [5.74, 6) is -0.260. The van der Waals surface area contributed by atoms with E-state index in [1.54, 1.807) is 26.1 Å². The van der Waals surface area contributed by atoms with E-state index in [0.29, 0.717) is 38.1 Å². The topological polar surface area (TPSA) is 79.7 Å². The Labute approximate surface area is 198 Å². The molecule has 0 saturated heterocycles. The molecule has 1 amide bonds. The first kappa shape index (κ1) is 26.4. The Morgan fingerprint density at radius 1 is 1.03 bits per heavy atom. The fourth-order valence-corrected chi connectivity index (χ4v) is 3.59. The maximum Gasteiger partial charge on any atom is 0.347 e. The van der Waals surface area contributed by atoms with E-state index in [1.807, 2.05) is 41.4 Å². The number of aromatic nitrogens is 1. The molecule has 1 heterocycles. The Kier molecular flexibility index (Phi) is 10.9. The molecule has 0 aliphatic rings. The second-order valence-corrected chi connectivity index (χ2v) is 8.69. The zero-order valence-corrected chi connectivity index (χ0v) is 20.3. The molecular formula is C27H38N2O4. The highest BCUT2D eigenvalue weighted by molar-refractivity contribution is 5.77. The molecule has 1 N–H and O–H groups in total. The van der Waals surface area contributed by atoms with Crippen LogP contribution in [0.2, 0.25) is 0 Å². The minimum Gasteiger partial charge on any atom is -0.478 e. The minimum atomic E-state index is -1.26. The molecule has 1 unspecified atom stereocenters. The molecule has 33 heavy (non-hydrogen) atoms. The van der Waals surface area contributed by atoms with Crippen LogP contribution in [-0.4, -0.2) is 45.6 Å². The predicted octanol–water partition coefficient (Wildman–Crippen LogP) is 5.30. The van der Waals surface area contributed by atoms with Crippen LogP contribution in [0, 0.1) is 0 Å². The Hall–Kier alpha value is -2.89. The van der Waals surface area contributed by atoms with Crippen molar-refractivity contribution in [3.05, 3.63) is 59.9 Å². The van der Waals surface area contributed by atoms with Gasteiger partial charge in [0, 0.05) is 31.9 Å². The van der Waals surface area contributed by atoms with Crippen molar-refractivity contribution in [2.24, 2.45) is 0 Å². The van der Waals surface area contributed by atoms with Crippen LogP contribution in [0.4, 0.5) is 0 Å². The number of aliphatic carboxylic acids is 1. The van der Waals surface area contributed by atoms with Crippen LogP contribution in [0.25, 0.3) is 0 Å². The van der Waals surface area contributed by atoms with Crippen LogP contribution >= 0.6 is 0 Å². The molecule has 2 rings (SSSR count). The SMILES string of the molecule is CCCCCCC(=O)N(CCc1cccnc1)CCc1cccc(OC(C)(CC)C(=O)O)c1. The number of rotatable bonds is 15. The first-order valence-corrected chi connectivity index (χ1v) is 12.1. The molecule has 1 aromatic carbocycles. The maximum atomic E-state index is 12.9. The molecule has 2 aromatic rings. The Morgan fingerprint density at radius 3 is 2.39 bits per heavy atom. The van der Waals surface area contributed by atoms with E-state index in [-0.39, 0.29) is 5.91 Å². The number of benzene rings is 1. The molecule has 0 radical (unpaired) electrons. The van der Waals surface area contributed by atoms with Crippen molar-refractivity contribution < 1.29 is 19.4 Å².